The average molecular weight is 189 g/mol. The van der Waals surface area contributed by atoms with Crippen LogP contribution in [0.25, 0.3) is 0 Å². The van der Waals surface area contributed by atoms with Gasteiger partial charge in [0.05, 0.1) is 19.3 Å². The minimum atomic E-state index is 0.344. The van der Waals surface area contributed by atoms with Gasteiger partial charge in [-0.3, -0.25) is 0 Å². The van der Waals surface area contributed by atoms with E-state index in [0.29, 0.717) is 6.04 Å². The summed E-state index contributed by atoms with van der Waals surface area (Å²) in [6.45, 7) is 10.3. The van der Waals surface area contributed by atoms with Crippen LogP contribution in [0.1, 0.15) is 27.2 Å². The molecule has 0 amide bonds. The number of ether oxygens (including phenoxy) is 2. The molecule has 0 aromatic rings. The Balaban J connectivity index is 3.41. The third-order valence-electron chi connectivity index (χ3n) is 1.68. The fourth-order valence-electron chi connectivity index (χ4n) is 1.08. The van der Waals surface area contributed by atoms with Gasteiger partial charge in [-0.05, 0) is 19.9 Å². The van der Waals surface area contributed by atoms with Gasteiger partial charge in [-0.25, -0.2) is 0 Å². The van der Waals surface area contributed by atoms with Crippen LogP contribution in [0.3, 0.4) is 0 Å². The third-order valence-corrected chi connectivity index (χ3v) is 1.68. The molecular formula is C10H23NO2. The lowest BCUT2D eigenvalue weighted by molar-refractivity contribution is 0.0609. The van der Waals surface area contributed by atoms with Crippen molar-refractivity contribution in [3.05, 3.63) is 0 Å². The Labute approximate surface area is 81.8 Å². The molecule has 1 N–H and O–H groups in total. The van der Waals surface area contributed by atoms with Gasteiger partial charge in [0.15, 0.2) is 0 Å². The summed E-state index contributed by atoms with van der Waals surface area (Å²) in [6.07, 6.45) is 1.08. The van der Waals surface area contributed by atoms with Crippen molar-refractivity contribution >= 4 is 0 Å². The van der Waals surface area contributed by atoms with Gasteiger partial charge in [0.25, 0.3) is 0 Å². The smallest absolute Gasteiger partial charge is 0.0642 e. The van der Waals surface area contributed by atoms with Gasteiger partial charge >= 0.3 is 0 Å². The quantitative estimate of drug-likeness (QED) is 0.557. The van der Waals surface area contributed by atoms with Crippen LogP contribution in [-0.2, 0) is 9.47 Å². The van der Waals surface area contributed by atoms with Crippen LogP contribution in [0, 0.1) is 0 Å². The summed E-state index contributed by atoms with van der Waals surface area (Å²) in [5, 5.41) is 3.33. The van der Waals surface area contributed by atoms with Crippen LogP contribution in [-0.4, -0.2) is 39.0 Å². The van der Waals surface area contributed by atoms with Gasteiger partial charge in [-0.15, -0.1) is 0 Å². The Kier molecular flexibility index (Phi) is 9.87. The fourth-order valence-corrected chi connectivity index (χ4v) is 1.08. The maximum absolute atomic E-state index is 5.45. The number of rotatable bonds is 9. The second-order valence-electron chi connectivity index (χ2n) is 2.99. The first-order chi connectivity index (χ1) is 6.35. The first kappa shape index (κ1) is 12.9. The molecule has 1 unspecified atom stereocenters. The third kappa shape index (κ3) is 8.22. The van der Waals surface area contributed by atoms with Crippen molar-refractivity contribution in [2.75, 3.05) is 33.0 Å². The van der Waals surface area contributed by atoms with E-state index in [1.165, 1.54) is 0 Å². The molecule has 80 valence electrons. The minimum Gasteiger partial charge on any atom is -0.380 e. The Bertz CT molecular complexity index is 98.9. The van der Waals surface area contributed by atoms with Gasteiger partial charge in [-0.1, -0.05) is 13.8 Å². The van der Waals surface area contributed by atoms with Crippen LogP contribution in [0.4, 0.5) is 0 Å². The van der Waals surface area contributed by atoms with Crippen molar-refractivity contribution in [2.24, 2.45) is 0 Å². The zero-order chi connectivity index (χ0) is 9.94. The Morgan fingerprint density at radius 1 is 1.08 bits per heavy atom. The van der Waals surface area contributed by atoms with E-state index < -0.39 is 0 Å². The molecule has 3 nitrogen and oxygen atoms in total. The van der Waals surface area contributed by atoms with Crippen LogP contribution in [0.15, 0.2) is 0 Å². The molecule has 0 bridgehead atoms. The monoisotopic (exact) mass is 189 g/mol. The van der Waals surface area contributed by atoms with E-state index in [4.69, 9.17) is 9.47 Å². The Hall–Kier alpha value is -0.120. The molecule has 1 atom stereocenters. The van der Waals surface area contributed by atoms with Gasteiger partial charge in [0.2, 0.25) is 0 Å². The summed E-state index contributed by atoms with van der Waals surface area (Å²) in [5.41, 5.74) is 0. The summed E-state index contributed by atoms with van der Waals surface area (Å²) < 4.78 is 10.8. The predicted molar refractivity (Wildman–Crippen MR) is 55.1 cm³/mol. The van der Waals surface area contributed by atoms with E-state index in [1.54, 1.807) is 0 Å². The molecule has 0 heterocycles. The first-order valence-corrected chi connectivity index (χ1v) is 5.23. The van der Waals surface area contributed by atoms with Crippen molar-refractivity contribution in [1.82, 2.24) is 5.32 Å². The Morgan fingerprint density at radius 3 is 2.31 bits per heavy atom. The number of nitrogens with one attached hydrogen (secondary N) is 1. The van der Waals surface area contributed by atoms with Gasteiger partial charge in [-0.2, -0.15) is 0 Å². The van der Waals surface area contributed by atoms with Gasteiger partial charge in [0.1, 0.15) is 0 Å². The summed E-state index contributed by atoms with van der Waals surface area (Å²) in [6, 6.07) is 0.344. The van der Waals surface area contributed by atoms with Gasteiger partial charge in [0, 0.05) is 13.2 Å². The largest absolute Gasteiger partial charge is 0.380 e. The molecule has 0 aliphatic heterocycles. The second kappa shape index (κ2) is 9.96. The van der Waals surface area contributed by atoms with E-state index in [9.17, 15) is 0 Å². The highest BCUT2D eigenvalue weighted by atomic mass is 16.5. The van der Waals surface area contributed by atoms with Crippen molar-refractivity contribution in [2.45, 2.75) is 33.2 Å². The van der Waals surface area contributed by atoms with Crippen LogP contribution in [0.5, 0.6) is 0 Å². The number of hydrogen-bond donors (Lipinski definition) is 1. The molecule has 3 heteroatoms. The van der Waals surface area contributed by atoms with E-state index in [2.05, 4.69) is 19.2 Å². The molecule has 0 aromatic carbocycles. The Morgan fingerprint density at radius 2 is 1.77 bits per heavy atom. The molecule has 0 fully saturated rings. The lowest BCUT2D eigenvalue weighted by Gasteiger charge is -2.17. The summed E-state index contributed by atoms with van der Waals surface area (Å²) in [4.78, 5) is 0. The molecule has 0 aromatic heterocycles. The average Bonchev–Trinajstić information content (AvgIpc) is 2.14. The van der Waals surface area contributed by atoms with Crippen molar-refractivity contribution in [3.63, 3.8) is 0 Å². The SMILES string of the molecule is CCCOCC(COCC)NCC. The van der Waals surface area contributed by atoms with E-state index in [1.807, 2.05) is 6.92 Å². The molecule has 13 heavy (non-hydrogen) atoms. The number of hydrogen-bond acceptors (Lipinski definition) is 3. The normalized spacial score (nSPS) is 13.2. The van der Waals surface area contributed by atoms with E-state index in [0.717, 1.165) is 39.4 Å². The minimum absolute atomic E-state index is 0.344. The lowest BCUT2D eigenvalue weighted by atomic mass is 10.3. The van der Waals surface area contributed by atoms with Crippen LogP contribution >= 0.6 is 0 Å². The van der Waals surface area contributed by atoms with Crippen LogP contribution < -0.4 is 5.32 Å². The van der Waals surface area contributed by atoms with Crippen LogP contribution in [0.2, 0.25) is 0 Å². The molecule has 0 aliphatic carbocycles. The molecule has 0 radical (unpaired) electrons. The van der Waals surface area contributed by atoms with Crippen molar-refractivity contribution < 1.29 is 9.47 Å². The maximum atomic E-state index is 5.45. The summed E-state index contributed by atoms with van der Waals surface area (Å²) >= 11 is 0. The highest BCUT2D eigenvalue weighted by Gasteiger charge is 2.06. The van der Waals surface area contributed by atoms with E-state index >= 15 is 0 Å². The standard InChI is InChI=1S/C10H23NO2/c1-4-7-13-9-10(11-5-2)8-12-6-3/h10-11H,4-9H2,1-3H3. The molecule has 0 spiro atoms. The fraction of sp³-hybridized carbons (Fsp3) is 1.00. The lowest BCUT2D eigenvalue weighted by Crippen LogP contribution is -2.37. The molecule has 0 rings (SSSR count). The second-order valence-corrected chi connectivity index (χ2v) is 2.99. The van der Waals surface area contributed by atoms with Gasteiger partial charge < -0.3 is 14.8 Å². The molecular weight excluding hydrogens is 166 g/mol. The molecule has 0 saturated heterocycles. The van der Waals surface area contributed by atoms with E-state index in [-0.39, 0.29) is 0 Å². The highest BCUT2D eigenvalue weighted by Crippen LogP contribution is 1.90. The summed E-state index contributed by atoms with van der Waals surface area (Å²) in [5.74, 6) is 0. The summed E-state index contributed by atoms with van der Waals surface area (Å²) in [7, 11) is 0. The zero-order valence-corrected chi connectivity index (χ0v) is 9.14. The molecule has 0 saturated carbocycles. The van der Waals surface area contributed by atoms with Crippen molar-refractivity contribution in [3.8, 4) is 0 Å². The maximum Gasteiger partial charge on any atom is 0.0642 e. The van der Waals surface area contributed by atoms with Crippen molar-refractivity contribution in [1.29, 1.82) is 0 Å². The predicted octanol–water partition coefficient (Wildman–Crippen LogP) is 1.43. The first-order valence-electron chi connectivity index (χ1n) is 5.23. The molecule has 0 aliphatic rings. The zero-order valence-electron chi connectivity index (χ0n) is 9.14. The highest BCUT2D eigenvalue weighted by molar-refractivity contribution is 4.63. The topological polar surface area (TPSA) is 30.5 Å². The number of likely N-dealkylation sites (N-methyl/N-ethyl adjacent to an activating group) is 1.